The molecule has 18 heavy (non-hydrogen) atoms. The molecule has 5 N–H and O–H groups in total. The van der Waals surface area contributed by atoms with Gasteiger partial charge in [-0.25, -0.2) is 4.98 Å². The van der Waals surface area contributed by atoms with Crippen molar-refractivity contribution in [2.75, 3.05) is 12.3 Å². The van der Waals surface area contributed by atoms with Crippen LogP contribution in [0, 0.1) is 0 Å². The highest BCUT2D eigenvalue weighted by atomic mass is 32.1. The molecule has 1 saturated heterocycles. The summed E-state index contributed by atoms with van der Waals surface area (Å²) >= 11 is 1.25. The lowest BCUT2D eigenvalue weighted by molar-refractivity contribution is -0.136. The van der Waals surface area contributed by atoms with Crippen molar-refractivity contribution in [1.82, 2.24) is 9.88 Å². The van der Waals surface area contributed by atoms with Gasteiger partial charge in [0.2, 0.25) is 11.8 Å². The molecule has 1 aliphatic rings. The van der Waals surface area contributed by atoms with Crippen LogP contribution in [0.2, 0.25) is 0 Å². The Hall–Kier alpha value is -1.67. The molecule has 1 fully saturated rings. The number of nitrogens with two attached hydrogens (primary N) is 2. The number of primary amides is 1. The van der Waals surface area contributed by atoms with Gasteiger partial charge in [0, 0.05) is 18.3 Å². The average Bonchev–Trinajstić information content (AvgIpc) is 2.85. The van der Waals surface area contributed by atoms with Crippen LogP contribution in [0.4, 0.5) is 5.13 Å². The first kappa shape index (κ1) is 12.8. The number of nitrogen functional groups attached to an aromatic ring is 1. The summed E-state index contributed by atoms with van der Waals surface area (Å²) < 4.78 is 0. The monoisotopic (exact) mass is 270 g/mol. The lowest BCUT2D eigenvalue weighted by atomic mass is 10.2. The average molecular weight is 270 g/mol. The Kier molecular flexibility index (Phi) is 3.48. The molecule has 2 atom stereocenters. The number of carbonyl (C=O) groups excluding carboxylic acids is 2. The zero-order valence-electron chi connectivity index (χ0n) is 9.57. The number of hydrogen-bond acceptors (Lipinski definition) is 6. The number of hydrogen-bond donors (Lipinski definition) is 3. The van der Waals surface area contributed by atoms with Gasteiger partial charge in [-0.3, -0.25) is 9.59 Å². The van der Waals surface area contributed by atoms with Gasteiger partial charge < -0.3 is 21.5 Å². The number of thiazole rings is 1. The zero-order valence-corrected chi connectivity index (χ0v) is 10.4. The molecule has 0 saturated carbocycles. The van der Waals surface area contributed by atoms with Crippen LogP contribution in [-0.2, 0) is 16.0 Å². The van der Waals surface area contributed by atoms with Crippen LogP contribution in [0.1, 0.15) is 12.1 Å². The first-order valence-electron chi connectivity index (χ1n) is 5.44. The quantitative estimate of drug-likeness (QED) is 0.631. The van der Waals surface area contributed by atoms with Crippen molar-refractivity contribution < 1.29 is 14.7 Å². The summed E-state index contributed by atoms with van der Waals surface area (Å²) in [4.78, 5) is 28.5. The summed E-state index contributed by atoms with van der Waals surface area (Å²) in [7, 11) is 0. The smallest absolute Gasteiger partial charge is 0.240 e. The molecular formula is C10H14N4O3S. The van der Waals surface area contributed by atoms with Crippen molar-refractivity contribution >= 4 is 28.3 Å². The first-order chi connectivity index (χ1) is 8.47. The van der Waals surface area contributed by atoms with E-state index in [0.717, 1.165) is 0 Å². The molecule has 0 radical (unpaired) electrons. The van der Waals surface area contributed by atoms with Crippen LogP contribution in [0.25, 0.3) is 0 Å². The standard InChI is InChI=1S/C10H14N4O3S/c11-9(17)7-2-6(15)3-14(7)8(16)1-5-4-18-10(12)13-5/h4,6-7,15H,1-3H2,(H2,11,17)(H2,12,13). The molecule has 1 aromatic rings. The lowest BCUT2D eigenvalue weighted by Crippen LogP contribution is -2.44. The van der Waals surface area contributed by atoms with Crippen LogP contribution in [-0.4, -0.2) is 45.5 Å². The molecule has 8 heteroatoms. The molecule has 7 nitrogen and oxygen atoms in total. The molecule has 0 spiro atoms. The molecule has 98 valence electrons. The van der Waals surface area contributed by atoms with Gasteiger partial charge in [0.1, 0.15) is 6.04 Å². The van der Waals surface area contributed by atoms with E-state index in [2.05, 4.69) is 4.98 Å². The van der Waals surface area contributed by atoms with E-state index in [1.807, 2.05) is 0 Å². The second-order valence-electron chi connectivity index (χ2n) is 4.21. The highest BCUT2D eigenvalue weighted by molar-refractivity contribution is 7.13. The third-order valence-electron chi connectivity index (χ3n) is 2.83. The van der Waals surface area contributed by atoms with Gasteiger partial charge in [-0.05, 0) is 0 Å². The highest BCUT2D eigenvalue weighted by Crippen LogP contribution is 2.20. The topological polar surface area (TPSA) is 123 Å². The molecule has 0 aliphatic carbocycles. The van der Waals surface area contributed by atoms with Crippen LogP contribution in [0.3, 0.4) is 0 Å². The van der Waals surface area contributed by atoms with Crippen molar-refractivity contribution in [3.63, 3.8) is 0 Å². The minimum atomic E-state index is -0.733. The van der Waals surface area contributed by atoms with E-state index in [1.165, 1.54) is 16.2 Å². The van der Waals surface area contributed by atoms with E-state index in [9.17, 15) is 14.7 Å². The molecular weight excluding hydrogens is 256 g/mol. The Balaban J connectivity index is 2.06. The van der Waals surface area contributed by atoms with Gasteiger partial charge in [0.05, 0.1) is 18.2 Å². The van der Waals surface area contributed by atoms with E-state index in [1.54, 1.807) is 5.38 Å². The van der Waals surface area contributed by atoms with E-state index in [4.69, 9.17) is 11.5 Å². The van der Waals surface area contributed by atoms with Gasteiger partial charge >= 0.3 is 0 Å². The third-order valence-corrected chi connectivity index (χ3v) is 3.55. The van der Waals surface area contributed by atoms with Gasteiger partial charge in [0.25, 0.3) is 0 Å². The molecule has 0 bridgehead atoms. The number of aliphatic hydroxyl groups excluding tert-OH is 1. The Morgan fingerprint density at radius 1 is 1.61 bits per heavy atom. The Labute approximate surface area is 107 Å². The maximum Gasteiger partial charge on any atom is 0.240 e. The molecule has 2 amide bonds. The van der Waals surface area contributed by atoms with Gasteiger partial charge in [0.15, 0.2) is 5.13 Å². The minimum Gasteiger partial charge on any atom is -0.391 e. The number of nitrogens with zero attached hydrogens (tertiary/aromatic N) is 2. The second kappa shape index (κ2) is 4.91. The van der Waals surface area contributed by atoms with Crippen LogP contribution in [0.5, 0.6) is 0 Å². The van der Waals surface area contributed by atoms with E-state index >= 15 is 0 Å². The fourth-order valence-electron chi connectivity index (χ4n) is 2.02. The Morgan fingerprint density at radius 3 is 2.89 bits per heavy atom. The molecule has 2 unspecified atom stereocenters. The predicted octanol–water partition coefficient (Wildman–Crippen LogP) is -1.29. The zero-order chi connectivity index (χ0) is 13.3. The van der Waals surface area contributed by atoms with Crippen molar-refractivity contribution in [3.8, 4) is 0 Å². The SMILES string of the molecule is NC(=O)C1CC(O)CN1C(=O)Cc1csc(N)n1. The summed E-state index contributed by atoms with van der Waals surface area (Å²) in [5.41, 5.74) is 11.2. The summed E-state index contributed by atoms with van der Waals surface area (Å²) in [5.74, 6) is -0.877. The number of likely N-dealkylation sites (tertiary alicyclic amines) is 1. The number of amides is 2. The number of β-amino-alcohol motifs (C(OH)–C–C–N with tert-alkyl or cyclic N) is 1. The van der Waals surface area contributed by atoms with Crippen molar-refractivity contribution in [2.45, 2.75) is 25.0 Å². The summed E-state index contributed by atoms with van der Waals surface area (Å²) in [5, 5.41) is 11.6. The Bertz CT molecular complexity index is 475. The van der Waals surface area contributed by atoms with Gasteiger partial charge in [-0.1, -0.05) is 0 Å². The fraction of sp³-hybridized carbons (Fsp3) is 0.500. The van der Waals surface area contributed by atoms with Crippen molar-refractivity contribution in [3.05, 3.63) is 11.1 Å². The largest absolute Gasteiger partial charge is 0.391 e. The molecule has 2 heterocycles. The maximum atomic E-state index is 12.0. The van der Waals surface area contributed by atoms with Gasteiger partial charge in [-0.15, -0.1) is 11.3 Å². The van der Waals surface area contributed by atoms with Gasteiger partial charge in [-0.2, -0.15) is 0 Å². The van der Waals surface area contributed by atoms with E-state index in [-0.39, 0.29) is 25.3 Å². The first-order valence-corrected chi connectivity index (χ1v) is 6.32. The lowest BCUT2D eigenvalue weighted by Gasteiger charge is -2.21. The predicted molar refractivity (Wildman–Crippen MR) is 65.5 cm³/mol. The molecule has 0 aromatic carbocycles. The fourth-order valence-corrected chi connectivity index (χ4v) is 2.58. The Morgan fingerprint density at radius 2 is 2.33 bits per heavy atom. The number of rotatable bonds is 3. The maximum absolute atomic E-state index is 12.0. The summed E-state index contributed by atoms with van der Waals surface area (Å²) in [6.07, 6.45) is -0.447. The number of carbonyl (C=O) groups is 2. The summed E-state index contributed by atoms with van der Waals surface area (Å²) in [6.45, 7) is 0.131. The van der Waals surface area contributed by atoms with E-state index in [0.29, 0.717) is 10.8 Å². The number of anilines is 1. The number of aromatic nitrogens is 1. The summed E-state index contributed by atoms with van der Waals surface area (Å²) in [6, 6.07) is -0.733. The molecule has 2 rings (SSSR count). The van der Waals surface area contributed by atoms with Crippen molar-refractivity contribution in [1.29, 1.82) is 0 Å². The van der Waals surface area contributed by atoms with Crippen molar-refractivity contribution in [2.24, 2.45) is 5.73 Å². The normalized spacial score (nSPS) is 23.3. The number of aliphatic hydroxyl groups is 1. The van der Waals surface area contributed by atoms with Crippen LogP contribution in [0.15, 0.2) is 5.38 Å². The molecule has 1 aliphatic heterocycles. The van der Waals surface area contributed by atoms with Crippen LogP contribution >= 0.6 is 11.3 Å². The van der Waals surface area contributed by atoms with Crippen LogP contribution < -0.4 is 11.5 Å². The second-order valence-corrected chi connectivity index (χ2v) is 5.10. The highest BCUT2D eigenvalue weighted by Gasteiger charge is 2.37. The molecule has 1 aromatic heterocycles. The third kappa shape index (κ3) is 2.59. The van der Waals surface area contributed by atoms with E-state index < -0.39 is 18.1 Å². The minimum absolute atomic E-state index is 0.0597.